The van der Waals surface area contributed by atoms with Crippen molar-refractivity contribution in [2.24, 2.45) is 0 Å². The number of hydrogen-bond donors (Lipinski definition) is 0. The van der Waals surface area contributed by atoms with Crippen LogP contribution < -0.4 is 0 Å². The first kappa shape index (κ1) is 73.1. The molecule has 1 atom stereocenters. The van der Waals surface area contributed by atoms with E-state index < -0.39 is 6.10 Å². The second-order valence-electron chi connectivity index (χ2n) is 21.3. The molecular formula is C71H120O6. The van der Waals surface area contributed by atoms with Crippen LogP contribution >= 0.6 is 0 Å². The van der Waals surface area contributed by atoms with Gasteiger partial charge in [-0.3, -0.25) is 14.4 Å². The first-order valence-electron chi connectivity index (χ1n) is 32.4. The second-order valence-corrected chi connectivity index (χ2v) is 21.3. The van der Waals surface area contributed by atoms with Gasteiger partial charge in [-0.2, -0.15) is 0 Å². The van der Waals surface area contributed by atoms with Gasteiger partial charge < -0.3 is 14.2 Å². The Kier molecular flexibility index (Phi) is 61.3. The monoisotopic (exact) mass is 1070 g/mol. The van der Waals surface area contributed by atoms with E-state index in [4.69, 9.17) is 14.2 Å². The molecule has 0 spiro atoms. The summed E-state index contributed by atoms with van der Waals surface area (Å²) in [6, 6.07) is 0. The summed E-state index contributed by atoms with van der Waals surface area (Å²) in [4.78, 5) is 38.4. The van der Waals surface area contributed by atoms with Crippen LogP contribution in [0.15, 0.2) is 109 Å². The molecule has 0 amide bonds. The van der Waals surface area contributed by atoms with Crippen LogP contribution in [0.1, 0.15) is 303 Å². The molecule has 6 heteroatoms. The highest BCUT2D eigenvalue weighted by Crippen LogP contribution is 2.15. The van der Waals surface area contributed by atoms with Gasteiger partial charge in [0.25, 0.3) is 0 Å². The average molecular weight is 1070 g/mol. The van der Waals surface area contributed by atoms with Crippen LogP contribution in [0.5, 0.6) is 0 Å². The average Bonchev–Trinajstić information content (AvgIpc) is 3.43. The van der Waals surface area contributed by atoms with Gasteiger partial charge in [-0.15, -0.1) is 0 Å². The number of carbonyl (C=O) groups is 3. The minimum Gasteiger partial charge on any atom is -0.462 e. The lowest BCUT2D eigenvalue weighted by Gasteiger charge is -2.18. The molecule has 0 aliphatic rings. The van der Waals surface area contributed by atoms with Crippen LogP contribution in [-0.2, 0) is 28.6 Å². The van der Waals surface area contributed by atoms with Crippen LogP contribution in [0, 0.1) is 0 Å². The quantitative estimate of drug-likeness (QED) is 0.0261. The minimum absolute atomic E-state index is 0.0909. The molecule has 0 saturated carbocycles. The lowest BCUT2D eigenvalue weighted by molar-refractivity contribution is -0.167. The van der Waals surface area contributed by atoms with E-state index in [1.54, 1.807) is 0 Å². The highest BCUT2D eigenvalue weighted by atomic mass is 16.6. The van der Waals surface area contributed by atoms with Gasteiger partial charge >= 0.3 is 17.9 Å². The number of hydrogen-bond acceptors (Lipinski definition) is 6. The molecule has 0 aromatic rings. The van der Waals surface area contributed by atoms with E-state index in [1.165, 1.54) is 135 Å². The van der Waals surface area contributed by atoms with Crippen molar-refractivity contribution in [3.8, 4) is 0 Å². The third kappa shape index (κ3) is 62.8. The highest BCUT2D eigenvalue weighted by Gasteiger charge is 2.19. The van der Waals surface area contributed by atoms with Crippen molar-refractivity contribution in [2.75, 3.05) is 13.2 Å². The summed E-state index contributed by atoms with van der Waals surface area (Å²) in [5.74, 6) is -0.913. The Morgan fingerprint density at radius 1 is 0.273 bits per heavy atom. The molecule has 0 aliphatic heterocycles. The first-order valence-corrected chi connectivity index (χ1v) is 32.4. The standard InChI is InChI=1S/C71H120O6/c1-4-7-10-13-16-19-22-25-28-31-33-35-37-40-43-46-49-52-55-58-61-64-70(73)76-67-68(66-75-69(72)63-60-57-54-51-48-45-42-39-30-27-24-21-18-15-12-9-6-3)77-71(74)65-62-59-56-53-50-47-44-41-38-36-34-32-29-26-23-20-17-14-11-8-5-2/h7,10,16,18-19,21,23,25-28,30,32-35,40,43,68H,4-6,8-9,11-15,17,20,22,24,29,31,36-39,41-42,44-67H2,1-3H3/b10-7-,19-16-,21-18-,26-23-,28-25-,30-27-,34-32-,35-33-,43-40-. The molecule has 0 fully saturated rings. The lowest BCUT2D eigenvalue weighted by atomic mass is 10.1. The molecule has 6 nitrogen and oxygen atoms in total. The van der Waals surface area contributed by atoms with Gasteiger partial charge in [0.2, 0.25) is 0 Å². The predicted octanol–water partition coefficient (Wildman–Crippen LogP) is 22.2. The molecule has 440 valence electrons. The highest BCUT2D eigenvalue weighted by molar-refractivity contribution is 5.71. The molecule has 0 heterocycles. The van der Waals surface area contributed by atoms with Crippen LogP contribution in [0.4, 0.5) is 0 Å². The normalized spacial score (nSPS) is 12.8. The lowest BCUT2D eigenvalue weighted by Crippen LogP contribution is -2.30. The smallest absolute Gasteiger partial charge is 0.306 e. The molecule has 0 bridgehead atoms. The molecule has 0 radical (unpaired) electrons. The van der Waals surface area contributed by atoms with E-state index in [0.29, 0.717) is 19.3 Å². The van der Waals surface area contributed by atoms with Gasteiger partial charge in [-0.1, -0.05) is 265 Å². The van der Waals surface area contributed by atoms with Crippen molar-refractivity contribution < 1.29 is 28.6 Å². The number of ether oxygens (including phenoxy) is 3. The fraction of sp³-hybridized carbons (Fsp3) is 0.704. The first-order chi connectivity index (χ1) is 38.0. The molecule has 0 aromatic heterocycles. The molecule has 0 rings (SSSR count). The Morgan fingerprint density at radius 2 is 0.506 bits per heavy atom. The van der Waals surface area contributed by atoms with E-state index in [9.17, 15) is 14.4 Å². The van der Waals surface area contributed by atoms with Crippen LogP contribution in [-0.4, -0.2) is 37.2 Å². The van der Waals surface area contributed by atoms with Crippen molar-refractivity contribution in [3.05, 3.63) is 109 Å². The van der Waals surface area contributed by atoms with Gasteiger partial charge in [0.1, 0.15) is 13.2 Å². The topological polar surface area (TPSA) is 78.9 Å². The minimum atomic E-state index is -0.796. The van der Waals surface area contributed by atoms with Crippen molar-refractivity contribution in [1.82, 2.24) is 0 Å². The van der Waals surface area contributed by atoms with E-state index in [2.05, 4.69) is 130 Å². The van der Waals surface area contributed by atoms with Gasteiger partial charge in [-0.05, 0) is 128 Å². The molecule has 0 aromatic carbocycles. The Labute approximate surface area is 476 Å². The van der Waals surface area contributed by atoms with Gasteiger partial charge in [0.05, 0.1) is 0 Å². The van der Waals surface area contributed by atoms with E-state index in [0.717, 1.165) is 128 Å². The number of allylic oxidation sites excluding steroid dienone is 18. The number of rotatable bonds is 58. The molecule has 0 N–H and O–H groups in total. The SMILES string of the molecule is CC/C=C\C/C=C\C/C=C\C/C=C\C/C=C\CCCCCCCC(=O)OCC(COC(=O)CCCCCCCCC/C=C\C/C=C\CCCCC)OC(=O)CCCCCCCCCCC/C=C\C/C=C\CCCCCCC. The fourth-order valence-electron chi connectivity index (χ4n) is 8.88. The summed E-state index contributed by atoms with van der Waals surface area (Å²) in [7, 11) is 0. The van der Waals surface area contributed by atoms with Crippen LogP contribution in [0.3, 0.4) is 0 Å². The molecule has 77 heavy (non-hydrogen) atoms. The zero-order valence-electron chi connectivity index (χ0n) is 50.4. The van der Waals surface area contributed by atoms with Gasteiger partial charge in [-0.25, -0.2) is 0 Å². The van der Waals surface area contributed by atoms with Gasteiger partial charge in [0.15, 0.2) is 6.10 Å². The van der Waals surface area contributed by atoms with Crippen LogP contribution in [0.2, 0.25) is 0 Å². The Hall–Kier alpha value is -3.93. The van der Waals surface area contributed by atoms with Crippen LogP contribution in [0.25, 0.3) is 0 Å². The van der Waals surface area contributed by atoms with Crippen molar-refractivity contribution in [3.63, 3.8) is 0 Å². The number of esters is 3. The molecular weight excluding hydrogens is 949 g/mol. The van der Waals surface area contributed by atoms with Gasteiger partial charge in [0, 0.05) is 19.3 Å². The molecule has 1 unspecified atom stereocenters. The van der Waals surface area contributed by atoms with E-state index >= 15 is 0 Å². The number of unbranched alkanes of at least 4 members (excludes halogenated alkanes) is 29. The third-order valence-corrected chi connectivity index (χ3v) is 13.7. The summed E-state index contributed by atoms with van der Waals surface area (Å²) < 4.78 is 16.9. The number of carbonyl (C=O) groups excluding carboxylic acids is 3. The summed E-state index contributed by atoms with van der Waals surface area (Å²) in [6.45, 7) is 6.49. The Bertz CT molecular complexity index is 1560. The zero-order valence-corrected chi connectivity index (χ0v) is 50.4. The maximum Gasteiger partial charge on any atom is 0.306 e. The predicted molar refractivity (Wildman–Crippen MR) is 334 cm³/mol. The summed E-state index contributed by atoms with van der Waals surface area (Å²) in [6.07, 6.45) is 87.9. The van der Waals surface area contributed by atoms with Crippen molar-refractivity contribution in [1.29, 1.82) is 0 Å². The largest absolute Gasteiger partial charge is 0.462 e. The Balaban J connectivity index is 4.45. The van der Waals surface area contributed by atoms with Crippen molar-refractivity contribution >= 4 is 17.9 Å². The fourth-order valence-corrected chi connectivity index (χ4v) is 8.88. The molecule has 0 saturated heterocycles. The maximum atomic E-state index is 12.9. The Morgan fingerprint density at radius 3 is 0.818 bits per heavy atom. The summed E-state index contributed by atoms with van der Waals surface area (Å²) in [5.41, 5.74) is 0. The summed E-state index contributed by atoms with van der Waals surface area (Å²) in [5, 5.41) is 0. The second kappa shape index (κ2) is 64.6. The van der Waals surface area contributed by atoms with E-state index in [-0.39, 0.29) is 31.1 Å². The van der Waals surface area contributed by atoms with Crippen molar-refractivity contribution in [2.45, 2.75) is 309 Å². The third-order valence-electron chi connectivity index (χ3n) is 13.7. The molecule has 0 aliphatic carbocycles. The summed E-state index contributed by atoms with van der Waals surface area (Å²) >= 11 is 0. The zero-order chi connectivity index (χ0) is 55.7. The van der Waals surface area contributed by atoms with E-state index in [1.807, 2.05) is 0 Å². The maximum absolute atomic E-state index is 12.9.